The van der Waals surface area contributed by atoms with Crippen molar-refractivity contribution >= 4 is 21.8 Å². The number of ether oxygens (including phenoxy) is 1. The summed E-state index contributed by atoms with van der Waals surface area (Å²) in [6.07, 6.45) is 0. The molecule has 0 aliphatic carbocycles. The standard InChI is InChI=1S/C12H12N2O5S/c1-8-6-11(13-19-8)14-20(16,17)10-5-3-4-9(7-10)12(15)18-2/h3-7H,1-2H3,(H,13,14). The molecule has 1 aromatic carbocycles. The van der Waals surface area contributed by atoms with Gasteiger partial charge in [0.15, 0.2) is 5.82 Å². The quantitative estimate of drug-likeness (QED) is 0.860. The summed E-state index contributed by atoms with van der Waals surface area (Å²) in [6, 6.07) is 6.95. The fourth-order valence-corrected chi connectivity index (χ4v) is 2.55. The number of rotatable bonds is 4. The minimum absolute atomic E-state index is 0.0685. The van der Waals surface area contributed by atoms with Crippen molar-refractivity contribution in [2.24, 2.45) is 0 Å². The van der Waals surface area contributed by atoms with Gasteiger partial charge in [-0.2, -0.15) is 0 Å². The molecule has 20 heavy (non-hydrogen) atoms. The van der Waals surface area contributed by atoms with Crippen molar-refractivity contribution < 1.29 is 22.5 Å². The molecule has 2 rings (SSSR count). The van der Waals surface area contributed by atoms with Crippen molar-refractivity contribution in [3.63, 3.8) is 0 Å². The highest BCUT2D eigenvalue weighted by molar-refractivity contribution is 7.92. The van der Waals surface area contributed by atoms with E-state index in [1.54, 1.807) is 6.92 Å². The summed E-state index contributed by atoms with van der Waals surface area (Å²) in [7, 11) is -2.62. The predicted octanol–water partition coefficient (Wildman–Crippen LogP) is 1.57. The number of aryl methyl sites for hydroxylation is 1. The van der Waals surface area contributed by atoms with Crippen LogP contribution in [0.3, 0.4) is 0 Å². The number of hydrogen-bond acceptors (Lipinski definition) is 6. The van der Waals surface area contributed by atoms with Gasteiger partial charge >= 0.3 is 5.97 Å². The Kier molecular flexibility index (Phi) is 3.75. The highest BCUT2D eigenvalue weighted by atomic mass is 32.2. The fourth-order valence-electron chi connectivity index (χ4n) is 1.52. The van der Waals surface area contributed by atoms with Crippen molar-refractivity contribution in [3.8, 4) is 0 Å². The number of nitrogens with one attached hydrogen (secondary N) is 1. The SMILES string of the molecule is COC(=O)c1cccc(S(=O)(=O)Nc2cc(C)on2)c1. The molecule has 0 aliphatic heterocycles. The number of benzene rings is 1. The van der Waals surface area contributed by atoms with E-state index in [0.29, 0.717) is 5.76 Å². The van der Waals surface area contributed by atoms with Gasteiger partial charge in [0.05, 0.1) is 17.6 Å². The monoisotopic (exact) mass is 296 g/mol. The number of aromatic nitrogens is 1. The van der Waals surface area contributed by atoms with Gasteiger partial charge in [0.1, 0.15) is 5.76 Å². The molecule has 0 unspecified atom stereocenters. The summed E-state index contributed by atoms with van der Waals surface area (Å²) >= 11 is 0. The van der Waals surface area contributed by atoms with Crippen LogP contribution in [-0.4, -0.2) is 26.7 Å². The number of methoxy groups -OCH3 is 1. The zero-order valence-electron chi connectivity index (χ0n) is 10.8. The smallest absolute Gasteiger partial charge is 0.337 e. The predicted molar refractivity (Wildman–Crippen MR) is 69.8 cm³/mol. The Hall–Kier alpha value is -2.35. The van der Waals surface area contributed by atoms with E-state index in [4.69, 9.17) is 4.52 Å². The molecule has 0 amide bonds. The van der Waals surface area contributed by atoms with Crippen LogP contribution in [0.2, 0.25) is 0 Å². The third kappa shape index (κ3) is 2.97. The first kappa shape index (κ1) is 14.1. The molecule has 0 saturated carbocycles. The van der Waals surface area contributed by atoms with E-state index in [0.717, 1.165) is 0 Å². The zero-order chi connectivity index (χ0) is 14.8. The van der Waals surface area contributed by atoms with Crippen LogP contribution in [-0.2, 0) is 14.8 Å². The van der Waals surface area contributed by atoms with E-state index in [2.05, 4.69) is 14.6 Å². The second kappa shape index (κ2) is 5.33. The van der Waals surface area contributed by atoms with Gasteiger partial charge in [0.2, 0.25) is 0 Å². The number of carbonyl (C=O) groups excluding carboxylic acids is 1. The normalized spacial score (nSPS) is 11.1. The maximum Gasteiger partial charge on any atom is 0.337 e. The van der Waals surface area contributed by atoms with Gasteiger partial charge in [-0.15, -0.1) is 0 Å². The van der Waals surface area contributed by atoms with Crippen LogP contribution in [0.4, 0.5) is 5.82 Å². The summed E-state index contributed by atoms with van der Waals surface area (Å²) in [5.74, 6) is -0.0590. The molecular weight excluding hydrogens is 284 g/mol. The first-order valence-electron chi connectivity index (χ1n) is 5.57. The van der Waals surface area contributed by atoms with Gasteiger partial charge in [-0.25, -0.2) is 13.2 Å². The number of anilines is 1. The molecule has 0 fully saturated rings. The maximum atomic E-state index is 12.1. The minimum Gasteiger partial charge on any atom is -0.465 e. The van der Waals surface area contributed by atoms with Crippen LogP contribution < -0.4 is 4.72 Å². The maximum absolute atomic E-state index is 12.1. The molecule has 1 heterocycles. The molecule has 1 N–H and O–H groups in total. The summed E-state index contributed by atoms with van der Waals surface area (Å²) in [5, 5.41) is 3.54. The highest BCUT2D eigenvalue weighted by Gasteiger charge is 2.18. The van der Waals surface area contributed by atoms with E-state index in [1.807, 2.05) is 0 Å². The van der Waals surface area contributed by atoms with Crippen LogP contribution in [0.15, 0.2) is 39.8 Å². The van der Waals surface area contributed by atoms with Gasteiger partial charge in [-0.3, -0.25) is 4.72 Å². The minimum atomic E-state index is -3.84. The molecule has 8 heteroatoms. The first-order chi connectivity index (χ1) is 9.42. The van der Waals surface area contributed by atoms with Crippen molar-refractivity contribution in [1.82, 2.24) is 5.16 Å². The van der Waals surface area contributed by atoms with E-state index in [-0.39, 0.29) is 16.3 Å². The Morgan fingerprint density at radius 2 is 2.10 bits per heavy atom. The van der Waals surface area contributed by atoms with Crippen molar-refractivity contribution in [2.45, 2.75) is 11.8 Å². The molecule has 0 saturated heterocycles. The lowest BCUT2D eigenvalue weighted by molar-refractivity contribution is 0.0600. The van der Waals surface area contributed by atoms with E-state index >= 15 is 0 Å². The lowest BCUT2D eigenvalue weighted by Gasteiger charge is -2.06. The summed E-state index contributed by atoms with van der Waals surface area (Å²) < 4.78 is 35.8. The van der Waals surface area contributed by atoms with E-state index in [1.165, 1.54) is 37.4 Å². The Labute approximate surface area is 115 Å². The molecule has 0 spiro atoms. The van der Waals surface area contributed by atoms with Gasteiger partial charge in [-0.05, 0) is 25.1 Å². The van der Waals surface area contributed by atoms with Crippen LogP contribution in [0.1, 0.15) is 16.1 Å². The van der Waals surface area contributed by atoms with Crippen LogP contribution in [0, 0.1) is 6.92 Å². The van der Waals surface area contributed by atoms with Crippen molar-refractivity contribution in [2.75, 3.05) is 11.8 Å². The molecule has 1 aromatic heterocycles. The van der Waals surface area contributed by atoms with Gasteiger partial charge in [0, 0.05) is 6.07 Å². The Morgan fingerprint density at radius 1 is 1.35 bits per heavy atom. The number of nitrogens with zero attached hydrogens (tertiary/aromatic N) is 1. The lowest BCUT2D eigenvalue weighted by Crippen LogP contribution is -2.14. The van der Waals surface area contributed by atoms with Gasteiger partial charge in [0.25, 0.3) is 10.0 Å². The Bertz CT molecular complexity index is 736. The third-order valence-corrected chi connectivity index (χ3v) is 3.78. The molecule has 106 valence electrons. The average Bonchev–Trinajstić information content (AvgIpc) is 2.82. The van der Waals surface area contributed by atoms with E-state index < -0.39 is 16.0 Å². The molecule has 7 nitrogen and oxygen atoms in total. The van der Waals surface area contributed by atoms with Crippen molar-refractivity contribution in [3.05, 3.63) is 41.7 Å². The number of sulfonamides is 1. The molecular formula is C12H12N2O5S. The van der Waals surface area contributed by atoms with Crippen LogP contribution >= 0.6 is 0 Å². The largest absolute Gasteiger partial charge is 0.465 e. The van der Waals surface area contributed by atoms with E-state index in [9.17, 15) is 13.2 Å². The molecule has 0 atom stereocenters. The molecule has 0 radical (unpaired) electrons. The lowest BCUT2D eigenvalue weighted by atomic mass is 10.2. The topological polar surface area (TPSA) is 98.5 Å². The first-order valence-corrected chi connectivity index (χ1v) is 7.05. The summed E-state index contributed by atoms with van der Waals surface area (Å²) in [5.41, 5.74) is 0.145. The Balaban J connectivity index is 2.32. The Morgan fingerprint density at radius 3 is 2.70 bits per heavy atom. The molecule has 2 aromatic rings. The van der Waals surface area contributed by atoms with Crippen LogP contribution in [0.5, 0.6) is 0 Å². The number of esters is 1. The molecule has 0 bridgehead atoms. The molecule has 0 aliphatic rings. The second-order valence-corrected chi connectivity index (χ2v) is 5.63. The van der Waals surface area contributed by atoms with Crippen LogP contribution in [0.25, 0.3) is 0 Å². The third-order valence-electron chi connectivity index (χ3n) is 2.43. The number of hydrogen-bond donors (Lipinski definition) is 1. The van der Waals surface area contributed by atoms with Gasteiger partial charge in [-0.1, -0.05) is 11.2 Å². The summed E-state index contributed by atoms with van der Waals surface area (Å²) in [4.78, 5) is 11.3. The highest BCUT2D eigenvalue weighted by Crippen LogP contribution is 2.17. The van der Waals surface area contributed by atoms with Crippen molar-refractivity contribution in [1.29, 1.82) is 0 Å². The fraction of sp³-hybridized carbons (Fsp3) is 0.167. The second-order valence-electron chi connectivity index (χ2n) is 3.95. The zero-order valence-corrected chi connectivity index (χ0v) is 11.6. The summed E-state index contributed by atoms with van der Waals surface area (Å²) in [6.45, 7) is 1.64. The number of carbonyl (C=O) groups is 1. The average molecular weight is 296 g/mol. The van der Waals surface area contributed by atoms with Gasteiger partial charge < -0.3 is 9.26 Å².